The number of thiazole rings is 1. The topological polar surface area (TPSA) is 82.5 Å². The van der Waals surface area contributed by atoms with Crippen LogP contribution in [0.15, 0.2) is 53.4 Å². The highest BCUT2D eigenvalue weighted by atomic mass is 32.2. The lowest BCUT2D eigenvalue weighted by Crippen LogP contribution is -2.39. The van der Waals surface area contributed by atoms with E-state index in [9.17, 15) is 19.4 Å². The first-order valence-electron chi connectivity index (χ1n) is 8.42. The summed E-state index contributed by atoms with van der Waals surface area (Å²) in [4.78, 5) is 17.3. The summed E-state index contributed by atoms with van der Waals surface area (Å²) in [6, 6.07) is 13.6. The lowest BCUT2D eigenvalue weighted by molar-refractivity contribution is -0.135. The lowest BCUT2D eigenvalue weighted by Gasteiger charge is -2.15. The molecule has 3 aromatic rings. The zero-order chi connectivity index (χ0) is 19.2. The van der Waals surface area contributed by atoms with Crippen LogP contribution in [0.3, 0.4) is 0 Å². The number of halogens is 1. The maximum atomic E-state index is 12.8. The fraction of sp³-hybridized carbons (Fsp3) is 0.263. The molecule has 142 valence electrons. The van der Waals surface area contributed by atoms with E-state index in [-0.39, 0.29) is 5.82 Å². The number of aliphatic hydroxyl groups is 2. The predicted octanol–water partition coefficient (Wildman–Crippen LogP) is 3.13. The number of hydrogen-bond donors (Lipinski definition) is 3. The summed E-state index contributed by atoms with van der Waals surface area (Å²) in [7, 11) is 0. The van der Waals surface area contributed by atoms with Crippen molar-refractivity contribution in [2.24, 2.45) is 0 Å². The van der Waals surface area contributed by atoms with E-state index in [0.29, 0.717) is 18.0 Å². The van der Waals surface area contributed by atoms with Gasteiger partial charge in [0.2, 0.25) is 0 Å². The molecule has 2 aromatic carbocycles. The third kappa shape index (κ3) is 5.26. The second-order valence-corrected chi connectivity index (χ2v) is 8.09. The van der Waals surface area contributed by atoms with Gasteiger partial charge in [0.15, 0.2) is 6.10 Å². The molecule has 0 aliphatic heterocycles. The second kappa shape index (κ2) is 9.27. The van der Waals surface area contributed by atoms with Crippen LogP contribution in [0.25, 0.3) is 10.2 Å². The number of fused-ring (bicyclic) bond motifs is 1. The summed E-state index contributed by atoms with van der Waals surface area (Å²) >= 11 is 2.81. The van der Waals surface area contributed by atoms with Crippen molar-refractivity contribution >= 4 is 39.2 Å². The van der Waals surface area contributed by atoms with Gasteiger partial charge in [-0.05, 0) is 48.6 Å². The van der Waals surface area contributed by atoms with Gasteiger partial charge in [-0.25, -0.2) is 9.37 Å². The number of carbonyl (C=O) groups is 1. The number of aliphatic hydroxyl groups excluding tert-OH is 2. The summed E-state index contributed by atoms with van der Waals surface area (Å²) in [6.45, 7) is 0.372. The van der Waals surface area contributed by atoms with Gasteiger partial charge in [-0.15, -0.1) is 23.1 Å². The lowest BCUT2D eigenvalue weighted by atomic mass is 10.2. The Hall–Kier alpha value is -2.00. The van der Waals surface area contributed by atoms with Crippen LogP contribution in [0.4, 0.5) is 4.39 Å². The smallest absolute Gasteiger partial charge is 0.252 e. The van der Waals surface area contributed by atoms with Crippen molar-refractivity contribution in [3.8, 4) is 0 Å². The third-order valence-corrected chi connectivity index (χ3v) is 6.04. The molecule has 0 saturated heterocycles. The average Bonchev–Trinajstić information content (AvgIpc) is 3.12. The minimum atomic E-state index is -1.57. The molecule has 8 heteroatoms. The highest BCUT2D eigenvalue weighted by molar-refractivity contribution is 7.99. The van der Waals surface area contributed by atoms with Gasteiger partial charge in [-0.2, -0.15) is 0 Å². The van der Waals surface area contributed by atoms with Gasteiger partial charge >= 0.3 is 0 Å². The molecule has 2 atom stereocenters. The molecular weight excluding hydrogens is 387 g/mol. The Kier molecular flexibility index (Phi) is 6.78. The number of carbonyl (C=O) groups excluding carboxylic acids is 1. The van der Waals surface area contributed by atoms with Gasteiger partial charge in [-0.3, -0.25) is 4.79 Å². The predicted molar refractivity (Wildman–Crippen MR) is 105 cm³/mol. The highest BCUT2D eigenvalue weighted by Crippen LogP contribution is 2.28. The quantitative estimate of drug-likeness (QED) is 0.396. The number of nitrogens with zero attached hydrogens (tertiary/aromatic N) is 1. The van der Waals surface area contributed by atoms with Crippen molar-refractivity contribution in [3.05, 3.63) is 59.4 Å². The van der Waals surface area contributed by atoms with Crippen LogP contribution in [0, 0.1) is 5.82 Å². The van der Waals surface area contributed by atoms with E-state index >= 15 is 0 Å². The molecule has 3 rings (SSSR count). The van der Waals surface area contributed by atoms with Crippen molar-refractivity contribution in [3.63, 3.8) is 0 Å². The zero-order valence-corrected chi connectivity index (χ0v) is 16.0. The number of rotatable bonds is 8. The van der Waals surface area contributed by atoms with Crippen molar-refractivity contribution < 1.29 is 19.4 Å². The van der Waals surface area contributed by atoms with Gasteiger partial charge in [0.05, 0.1) is 10.2 Å². The zero-order valence-electron chi connectivity index (χ0n) is 14.3. The Labute approximate surface area is 164 Å². The van der Waals surface area contributed by atoms with Gasteiger partial charge in [-0.1, -0.05) is 12.1 Å². The normalized spacial score (nSPS) is 13.4. The average molecular weight is 407 g/mol. The molecule has 0 aliphatic rings. The molecule has 3 N–H and O–H groups in total. The highest BCUT2D eigenvalue weighted by Gasteiger charge is 2.28. The molecule has 0 bridgehead atoms. The van der Waals surface area contributed by atoms with E-state index in [0.717, 1.165) is 20.9 Å². The summed E-state index contributed by atoms with van der Waals surface area (Å²) in [5.74, 6) is -0.163. The first-order chi connectivity index (χ1) is 13.0. The van der Waals surface area contributed by atoms with Crippen molar-refractivity contribution in [2.75, 3.05) is 12.3 Å². The van der Waals surface area contributed by atoms with Crippen molar-refractivity contribution in [1.82, 2.24) is 10.3 Å². The van der Waals surface area contributed by atoms with Crippen LogP contribution in [-0.4, -0.2) is 39.5 Å². The van der Waals surface area contributed by atoms with Gasteiger partial charge in [0, 0.05) is 11.4 Å². The first kappa shape index (κ1) is 19.8. The fourth-order valence-corrected chi connectivity index (χ4v) is 4.24. The fourth-order valence-electron chi connectivity index (χ4n) is 2.40. The number of benzene rings is 2. The Morgan fingerprint density at radius 2 is 1.93 bits per heavy atom. The summed E-state index contributed by atoms with van der Waals surface area (Å²) in [5, 5.41) is 23.3. The van der Waals surface area contributed by atoms with E-state index in [1.54, 1.807) is 23.9 Å². The number of thioether (sulfide) groups is 1. The Balaban J connectivity index is 1.43. The number of para-hydroxylation sites is 1. The monoisotopic (exact) mass is 406 g/mol. The largest absolute Gasteiger partial charge is 0.383 e. The molecule has 0 aliphatic carbocycles. The summed E-state index contributed by atoms with van der Waals surface area (Å²) in [6.07, 6.45) is -2.26. The third-order valence-electron chi connectivity index (χ3n) is 3.83. The van der Waals surface area contributed by atoms with Gasteiger partial charge < -0.3 is 15.5 Å². The summed E-state index contributed by atoms with van der Waals surface area (Å²) < 4.78 is 13.7. The summed E-state index contributed by atoms with van der Waals surface area (Å²) in [5.41, 5.74) is 0.724. The second-order valence-electron chi connectivity index (χ2n) is 5.86. The molecule has 0 fully saturated rings. The van der Waals surface area contributed by atoms with E-state index in [2.05, 4.69) is 10.3 Å². The van der Waals surface area contributed by atoms with E-state index in [4.69, 9.17) is 0 Å². The maximum Gasteiger partial charge on any atom is 0.252 e. The molecule has 2 unspecified atom stereocenters. The van der Waals surface area contributed by atoms with Crippen LogP contribution in [0.5, 0.6) is 0 Å². The SMILES string of the molecule is O=C(NCCCSc1ccc(F)cc1)C(O)C(O)c1nc2ccccc2s1. The van der Waals surface area contributed by atoms with Gasteiger partial charge in [0.1, 0.15) is 16.9 Å². The van der Waals surface area contributed by atoms with Crippen LogP contribution < -0.4 is 5.32 Å². The maximum absolute atomic E-state index is 12.8. The molecular formula is C19H19FN2O3S2. The van der Waals surface area contributed by atoms with Crippen LogP contribution >= 0.6 is 23.1 Å². The Morgan fingerprint density at radius 1 is 1.19 bits per heavy atom. The minimum Gasteiger partial charge on any atom is -0.383 e. The molecule has 0 spiro atoms. The number of nitrogens with one attached hydrogen (secondary N) is 1. The van der Waals surface area contributed by atoms with Crippen molar-refractivity contribution in [1.29, 1.82) is 0 Å². The number of amides is 1. The molecule has 0 radical (unpaired) electrons. The molecule has 27 heavy (non-hydrogen) atoms. The van der Waals surface area contributed by atoms with Crippen LogP contribution in [0.1, 0.15) is 17.5 Å². The van der Waals surface area contributed by atoms with Gasteiger partial charge in [0.25, 0.3) is 5.91 Å². The van der Waals surface area contributed by atoms with Crippen LogP contribution in [-0.2, 0) is 4.79 Å². The van der Waals surface area contributed by atoms with E-state index in [1.807, 2.05) is 24.3 Å². The van der Waals surface area contributed by atoms with Crippen LogP contribution in [0.2, 0.25) is 0 Å². The Morgan fingerprint density at radius 3 is 2.67 bits per heavy atom. The number of aromatic nitrogens is 1. The molecule has 1 amide bonds. The van der Waals surface area contributed by atoms with Crippen molar-refractivity contribution in [2.45, 2.75) is 23.5 Å². The van der Waals surface area contributed by atoms with E-state index in [1.165, 1.54) is 23.5 Å². The molecule has 1 aromatic heterocycles. The standard InChI is InChI=1S/C19H19FN2O3S2/c20-12-6-8-13(9-7-12)26-11-3-10-21-18(25)16(23)17(24)19-22-14-4-1-2-5-15(14)27-19/h1-2,4-9,16-17,23-24H,3,10-11H2,(H,21,25). The first-order valence-corrected chi connectivity index (χ1v) is 10.2. The number of hydrogen-bond acceptors (Lipinski definition) is 6. The molecule has 5 nitrogen and oxygen atoms in total. The molecule has 0 saturated carbocycles. The Bertz CT molecular complexity index is 868. The minimum absolute atomic E-state index is 0.271. The molecule has 1 heterocycles. The van der Waals surface area contributed by atoms with E-state index < -0.39 is 18.1 Å².